The van der Waals surface area contributed by atoms with Crippen LogP contribution in [-0.2, 0) is 11.8 Å². The molecule has 6 nitrogen and oxygen atoms in total. The highest BCUT2D eigenvalue weighted by Gasteiger charge is 2.47. The average Bonchev–Trinajstić information content (AvgIpc) is 2.99. The van der Waals surface area contributed by atoms with Gasteiger partial charge in [-0.1, -0.05) is 0 Å². The molecule has 122 valence electrons. The van der Waals surface area contributed by atoms with Crippen molar-refractivity contribution in [1.29, 1.82) is 0 Å². The van der Waals surface area contributed by atoms with Crippen molar-refractivity contribution in [3.05, 3.63) is 16.6 Å². The summed E-state index contributed by atoms with van der Waals surface area (Å²) in [7, 11) is 1.87. The molecule has 1 saturated heterocycles. The first-order chi connectivity index (χ1) is 11.0. The number of fused-ring (bicyclic) bond motifs is 1. The fourth-order valence-corrected chi connectivity index (χ4v) is 4.82. The highest BCUT2D eigenvalue weighted by molar-refractivity contribution is 7.20. The molecule has 0 radical (unpaired) electrons. The van der Waals surface area contributed by atoms with Crippen molar-refractivity contribution in [2.24, 2.45) is 24.8 Å². The van der Waals surface area contributed by atoms with E-state index in [1.807, 2.05) is 20.0 Å². The van der Waals surface area contributed by atoms with Gasteiger partial charge in [0.05, 0.1) is 16.5 Å². The lowest BCUT2D eigenvalue weighted by atomic mass is 9.92. The number of rotatable bonds is 3. The Morgan fingerprint density at radius 1 is 1.35 bits per heavy atom. The fourth-order valence-electron chi connectivity index (χ4n) is 3.72. The SMILES string of the molecule is Cc1nn(C)c2sc(C(=O)N3C[C@H](C(=O)O)[C@@H](C4CC4)C3)cc12. The average molecular weight is 333 g/mol. The molecule has 1 aliphatic carbocycles. The highest BCUT2D eigenvalue weighted by atomic mass is 32.1. The van der Waals surface area contributed by atoms with E-state index >= 15 is 0 Å². The van der Waals surface area contributed by atoms with E-state index in [1.54, 1.807) is 9.58 Å². The smallest absolute Gasteiger partial charge is 0.308 e. The maximum atomic E-state index is 12.8. The van der Waals surface area contributed by atoms with Gasteiger partial charge in [-0.15, -0.1) is 11.3 Å². The number of carboxylic acid groups (broad SMARTS) is 1. The van der Waals surface area contributed by atoms with Crippen LogP contribution in [0.25, 0.3) is 10.2 Å². The molecular formula is C16H19N3O3S. The minimum absolute atomic E-state index is 0.0417. The first-order valence-corrected chi connectivity index (χ1v) is 8.72. The van der Waals surface area contributed by atoms with Gasteiger partial charge in [0.25, 0.3) is 5.91 Å². The molecule has 2 atom stereocenters. The van der Waals surface area contributed by atoms with E-state index in [0.29, 0.717) is 23.9 Å². The van der Waals surface area contributed by atoms with Crippen LogP contribution in [0.4, 0.5) is 0 Å². The number of likely N-dealkylation sites (tertiary alicyclic amines) is 1. The molecule has 1 amide bonds. The first kappa shape index (κ1) is 14.7. The molecule has 3 heterocycles. The minimum Gasteiger partial charge on any atom is -0.481 e. The van der Waals surface area contributed by atoms with Crippen LogP contribution in [-0.4, -0.2) is 44.8 Å². The van der Waals surface area contributed by atoms with Crippen molar-refractivity contribution >= 4 is 33.4 Å². The van der Waals surface area contributed by atoms with Crippen molar-refractivity contribution in [3.63, 3.8) is 0 Å². The van der Waals surface area contributed by atoms with Gasteiger partial charge < -0.3 is 10.0 Å². The van der Waals surface area contributed by atoms with Crippen molar-refractivity contribution in [2.45, 2.75) is 19.8 Å². The van der Waals surface area contributed by atoms with Gasteiger partial charge in [-0.2, -0.15) is 5.10 Å². The Balaban J connectivity index is 1.60. The number of nitrogens with zero attached hydrogens (tertiary/aromatic N) is 3. The standard InChI is InChI=1S/C16H19N3O3S/c1-8-10-5-13(23-15(10)18(2)17-8)14(20)19-6-11(9-3-4-9)12(7-19)16(21)22/h5,9,11-12H,3-4,6-7H2,1-2H3,(H,21,22)/t11-,12+/m1/s1. The number of carboxylic acids is 1. The summed E-state index contributed by atoms with van der Waals surface area (Å²) in [5.74, 6) is -0.616. The summed E-state index contributed by atoms with van der Waals surface area (Å²) < 4.78 is 1.79. The second-order valence-corrected chi connectivity index (χ2v) is 7.73. The number of hydrogen-bond donors (Lipinski definition) is 1. The Bertz CT molecular complexity index is 770. The third-order valence-electron chi connectivity index (χ3n) is 5.10. The molecule has 0 unspecified atom stereocenters. The Morgan fingerprint density at radius 3 is 2.70 bits per heavy atom. The van der Waals surface area contributed by atoms with Crippen LogP contribution < -0.4 is 0 Å². The number of aromatic nitrogens is 2. The number of thiophene rings is 1. The van der Waals surface area contributed by atoms with Gasteiger partial charge in [0.1, 0.15) is 4.83 Å². The maximum absolute atomic E-state index is 12.8. The zero-order valence-corrected chi connectivity index (χ0v) is 14.0. The Hall–Kier alpha value is -1.89. The molecule has 1 N–H and O–H groups in total. The summed E-state index contributed by atoms with van der Waals surface area (Å²) in [6.45, 7) is 2.84. The third kappa shape index (κ3) is 2.34. The van der Waals surface area contributed by atoms with Gasteiger partial charge in [0.15, 0.2) is 0 Å². The zero-order chi connectivity index (χ0) is 16.3. The molecule has 2 aromatic heterocycles. The largest absolute Gasteiger partial charge is 0.481 e. The summed E-state index contributed by atoms with van der Waals surface area (Å²) in [4.78, 5) is 27.7. The molecule has 1 saturated carbocycles. The molecule has 23 heavy (non-hydrogen) atoms. The van der Waals surface area contributed by atoms with Crippen LogP contribution >= 0.6 is 11.3 Å². The summed E-state index contributed by atoms with van der Waals surface area (Å²) in [5, 5.41) is 14.8. The normalized spacial score (nSPS) is 24.5. The van der Waals surface area contributed by atoms with E-state index in [4.69, 9.17) is 0 Å². The van der Waals surface area contributed by atoms with Crippen LogP contribution in [0.1, 0.15) is 28.2 Å². The van der Waals surface area contributed by atoms with Gasteiger partial charge in [-0.05, 0) is 37.7 Å². The summed E-state index contributed by atoms with van der Waals surface area (Å²) in [6, 6.07) is 1.89. The minimum atomic E-state index is -0.770. The maximum Gasteiger partial charge on any atom is 0.308 e. The molecule has 0 spiro atoms. The van der Waals surface area contributed by atoms with Gasteiger partial charge in [0, 0.05) is 25.5 Å². The molecule has 2 aromatic rings. The van der Waals surface area contributed by atoms with E-state index < -0.39 is 11.9 Å². The fraction of sp³-hybridized carbons (Fsp3) is 0.562. The Morgan fingerprint density at radius 2 is 2.09 bits per heavy atom. The van der Waals surface area contributed by atoms with Crippen molar-refractivity contribution in [1.82, 2.24) is 14.7 Å². The van der Waals surface area contributed by atoms with Gasteiger partial charge in [-0.3, -0.25) is 14.3 Å². The zero-order valence-electron chi connectivity index (χ0n) is 13.2. The molecule has 1 aliphatic heterocycles. The Kier molecular flexibility index (Phi) is 3.23. The van der Waals surface area contributed by atoms with E-state index in [-0.39, 0.29) is 11.8 Å². The second-order valence-electron chi connectivity index (χ2n) is 6.69. The molecular weight excluding hydrogens is 314 g/mol. The topological polar surface area (TPSA) is 75.4 Å². The van der Waals surface area contributed by atoms with E-state index in [9.17, 15) is 14.7 Å². The van der Waals surface area contributed by atoms with Gasteiger partial charge in [0.2, 0.25) is 0 Å². The number of amides is 1. The van der Waals surface area contributed by atoms with E-state index in [1.165, 1.54) is 11.3 Å². The molecule has 0 bridgehead atoms. The molecule has 2 aliphatic rings. The third-order valence-corrected chi connectivity index (χ3v) is 6.29. The number of aliphatic carboxylic acids is 1. The summed E-state index contributed by atoms with van der Waals surface area (Å²) in [6.07, 6.45) is 2.20. The lowest BCUT2D eigenvalue weighted by molar-refractivity contribution is -0.142. The number of hydrogen-bond acceptors (Lipinski definition) is 4. The van der Waals surface area contributed by atoms with E-state index in [0.717, 1.165) is 28.8 Å². The predicted octanol–water partition coefficient (Wildman–Crippen LogP) is 2.13. The van der Waals surface area contributed by atoms with E-state index in [2.05, 4.69) is 5.10 Å². The molecule has 2 fully saturated rings. The Labute approximate surface area is 137 Å². The van der Waals surface area contributed by atoms with Crippen molar-refractivity contribution < 1.29 is 14.7 Å². The monoisotopic (exact) mass is 333 g/mol. The van der Waals surface area contributed by atoms with Crippen molar-refractivity contribution in [2.75, 3.05) is 13.1 Å². The van der Waals surface area contributed by atoms with Crippen LogP contribution in [0.15, 0.2) is 6.07 Å². The lowest BCUT2D eigenvalue weighted by Crippen LogP contribution is -2.29. The quantitative estimate of drug-likeness (QED) is 0.933. The summed E-state index contributed by atoms with van der Waals surface area (Å²) in [5.41, 5.74) is 0.915. The van der Waals surface area contributed by atoms with Crippen molar-refractivity contribution in [3.8, 4) is 0 Å². The van der Waals surface area contributed by atoms with Crippen LogP contribution in [0.3, 0.4) is 0 Å². The number of carbonyl (C=O) groups is 2. The summed E-state index contributed by atoms with van der Waals surface area (Å²) >= 11 is 1.44. The number of carbonyl (C=O) groups excluding carboxylic acids is 1. The van der Waals surface area contributed by atoms with Gasteiger partial charge >= 0.3 is 5.97 Å². The van der Waals surface area contributed by atoms with Crippen LogP contribution in [0.5, 0.6) is 0 Å². The second kappa shape index (κ2) is 5.06. The molecule has 4 rings (SSSR count). The van der Waals surface area contributed by atoms with Gasteiger partial charge in [-0.25, -0.2) is 0 Å². The molecule has 0 aromatic carbocycles. The lowest BCUT2D eigenvalue weighted by Gasteiger charge is -2.15. The number of aryl methyl sites for hydroxylation is 2. The molecule has 7 heteroatoms. The van der Waals surface area contributed by atoms with Crippen LogP contribution in [0, 0.1) is 24.7 Å². The van der Waals surface area contributed by atoms with Crippen LogP contribution in [0.2, 0.25) is 0 Å². The first-order valence-electron chi connectivity index (χ1n) is 7.91. The predicted molar refractivity (Wildman–Crippen MR) is 86.6 cm³/mol. The highest BCUT2D eigenvalue weighted by Crippen LogP contribution is 2.44.